The number of aromatic nitrogens is 2. The van der Waals surface area contributed by atoms with E-state index in [0.29, 0.717) is 30.4 Å². The zero-order valence-electron chi connectivity index (χ0n) is 13.4. The van der Waals surface area contributed by atoms with Gasteiger partial charge >= 0.3 is 0 Å². The molecule has 2 aromatic rings. The standard InChI is InChI=1S/C15H18N4O3S2/c1-3-16-14-18-19-15(24-14)23-9(2)13(20)17-10-4-5-11-12(8-10)22-7-6-21-11/h4-5,8-9H,3,6-7H2,1-2H3,(H,16,18)(H,17,20)/t9-/m0/s1. The summed E-state index contributed by atoms with van der Waals surface area (Å²) in [6.45, 7) is 5.69. The highest BCUT2D eigenvalue weighted by Gasteiger charge is 2.19. The molecule has 1 aliphatic rings. The molecule has 0 saturated carbocycles. The summed E-state index contributed by atoms with van der Waals surface area (Å²) in [4.78, 5) is 12.4. The largest absolute Gasteiger partial charge is 0.486 e. The van der Waals surface area contributed by atoms with Crippen molar-refractivity contribution in [3.8, 4) is 11.5 Å². The highest BCUT2D eigenvalue weighted by molar-refractivity contribution is 8.02. The number of hydrogen-bond donors (Lipinski definition) is 2. The van der Waals surface area contributed by atoms with Crippen molar-refractivity contribution in [2.24, 2.45) is 0 Å². The highest BCUT2D eigenvalue weighted by atomic mass is 32.2. The minimum Gasteiger partial charge on any atom is -0.486 e. The van der Waals surface area contributed by atoms with Gasteiger partial charge in [0.2, 0.25) is 11.0 Å². The van der Waals surface area contributed by atoms with Gasteiger partial charge in [0, 0.05) is 18.3 Å². The van der Waals surface area contributed by atoms with Crippen LogP contribution in [0.15, 0.2) is 22.5 Å². The van der Waals surface area contributed by atoms with Crippen molar-refractivity contribution < 1.29 is 14.3 Å². The van der Waals surface area contributed by atoms with Crippen LogP contribution in [0.3, 0.4) is 0 Å². The second-order valence-electron chi connectivity index (χ2n) is 5.01. The Bertz CT molecular complexity index is 722. The third-order valence-corrected chi connectivity index (χ3v) is 5.26. The number of hydrogen-bond acceptors (Lipinski definition) is 8. The first-order valence-corrected chi connectivity index (χ1v) is 9.30. The van der Waals surface area contributed by atoms with Crippen molar-refractivity contribution in [3.05, 3.63) is 18.2 Å². The number of fused-ring (bicyclic) bond motifs is 1. The molecule has 128 valence electrons. The molecule has 0 saturated heterocycles. The molecular formula is C15H18N4O3S2. The summed E-state index contributed by atoms with van der Waals surface area (Å²) in [5.74, 6) is 1.25. The molecule has 0 bridgehead atoms. The predicted molar refractivity (Wildman–Crippen MR) is 95.5 cm³/mol. The normalized spacial score (nSPS) is 14.1. The van der Waals surface area contributed by atoms with E-state index in [0.717, 1.165) is 16.0 Å². The monoisotopic (exact) mass is 366 g/mol. The van der Waals surface area contributed by atoms with Gasteiger partial charge in [-0.3, -0.25) is 4.79 Å². The maximum Gasteiger partial charge on any atom is 0.237 e. The second kappa shape index (κ2) is 7.71. The predicted octanol–water partition coefficient (Wildman–Crippen LogP) is 2.86. The summed E-state index contributed by atoms with van der Waals surface area (Å²) in [5.41, 5.74) is 0.683. The van der Waals surface area contributed by atoms with Gasteiger partial charge in [0.15, 0.2) is 15.8 Å². The third kappa shape index (κ3) is 4.09. The van der Waals surface area contributed by atoms with Gasteiger partial charge in [-0.1, -0.05) is 23.1 Å². The van der Waals surface area contributed by atoms with E-state index < -0.39 is 0 Å². The number of ether oxygens (including phenoxy) is 2. The fourth-order valence-corrected chi connectivity index (χ4v) is 4.01. The van der Waals surface area contributed by atoms with Gasteiger partial charge in [-0.2, -0.15) is 0 Å². The highest BCUT2D eigenvalue weighted by Crippen LogP contribution is 2.33. The Morgan fingerprint density at radius 2 is 2.12 bits per heavy atom. The Morgan fingerprint density at radius 3 is 2.92 bits per heavy atom. The van der Waals surface area contributed by atoms with E-state index in [4.69, 9.17) is 9.47 Å². The lowest BCUT2D eigenvalue weighted by molar-refractivity contribution is -0.115. The lowest BCUT2D eigenvalue weighted by Gasteiger charge is -2.19. The summed E-state index contributed by atoms with van der Waals surface area (Å²) in [7, 11) is 0. The Hall–Kier alpha value is -2.00. The molecule has 2 N–H and O–H groups in total. The van der Waals surface area contributed by atoms with Gasteiger partial charge in [-0.15, -0.1) is 10.2 Å². The minimum absolute atomic E-state index is 0.100. The first-order valence-electron chi connectivity index (χ1n) is 7.60. The molecular weight excluding hydrogens is 348 g/mol. The van der Waals surface area contributed by atoms with E-state index in [1.165, 1.54) is 23.1 Å². The Morgan fingerprint density at radius 1 is 1.33 bits per heavy atom. The smallest absolute Gasteiger partial charge is 0.237 e. The quantitative estimate of drug-likeness (QED) is 0.760. The summed E-state index contributed by atoms with van der Waals surface area (Å²) in [6.07, 6.45) is 0. The van der Waals surface area contributed by atoms with E-state index in [1.54, 1.807) is 18.2 Å². The zero-order valence-corrected chi connectivity index (χ0v) is 15.0. The molecule has 0 spiro atoms. The average molecular weight is 366 g/mol. The van der Waals surface area contributed by atoms with Crippen LogP contribution in [0.25, 0.3) is 0 Å². The minimum atomic E-state index is -0.291. The molecule has 24 heavy (non-hydrogen) atoms. The zero-order chi connectivity index (χ0) is 16.9. The number of rotatable bonds is 6. The number of nitrogens with one attached hydrogen (secondary N) is 2. The molecule has 1 amide bonds. The summed E-state index contributed by atoms with van der Waals surface area (Å²) < 4.78 is 11.8. The lowest BCUT2D eigenvalue weighted by Crippen LogP contribution is -2.22. The van der Waals surface area contributed by atoms with Crippen LogP contribution in [0.2, 0.25) is 0 Å². The molecule has 1 aromatic heterocycles. The van der Waals surface area contributed by atoms with Gasteiger partial charge in [0.1, 0.15) is 13.2 Å². The second-order valence-corrected chi connectivity index (χ2v) is 7.58. The molecule has 1 aliphatic heterocycles. The van der Waals surface area contributed by atoms with Gasteiger partial charge in [-0.05, 0) is 26.0 Å². The van der Waals surface area contributed by atoms with E-state index in [1.807, 2.05) is 13.8 Å². The van der Waals surface area contributed by atoms with Crippen molar-refractivity contribution in [3.63, 3.8) is 0 Å². The van der Waals surface area contributed by atoms with Gasteiger partial charge in [0.25, 0.3) is 0 Å². The van der Waals surface area contributed by atoms with Crippen LogP contribution >= 0.6 is 23.1 Å². The van der Waals surface area contributed by atoms with E-state index in [9.17, 15) is 4.79 Å². The molecule has 0 fully saturated rings. The fraction of sp³-hybridized carbons (Fsp3) is 0.400. The van der Waals surface area contributed by atoms with Crippen molar-refractivity contribution >= 4 is 39.8 Å². The van der Waals surface area contributed by atoms with Gasteiger partial charge in [0.05, 0.1) is 5.25 Å². The van der Waals surface area contributed by atoms with Crippen LogP contribution in [0.1, 0.15) is 13.8 Å². The van der Waals surface area contributed by atoms with Crippen LogP contribution < -0.4 is 20.1 Å². The first-order chi connectivity index (χ1) is 11.7. The Kier molecular flexibility index (Phi) is 5.41. The number of amides is 1. The number of anilines is 2. The SMILES string of the molecule is CCNc1nnc(S[C@@H](C)C(=O)Nc2ccc3c(c2)OCCO3)s1. The fourth-order valence-electron chi connectivity index (χ4n) is 2.05. The molecule has 0 unspecified atom stereocenters. The Balaban J connectivity index is 1.59. The molecule has 0 aliphatic carbocycles. The maximum atomic E-state index is 12.4. The van der Waals surface area contributed by atoms with E-state index in [2.05, 4.69) is 20.8 Å². The van der Waals surface area contributed by atoms with Crippen molar-refractivity contribution in [1.29, 1.82) is 0 Å². The van der Waals surface area contributed by atoms with Crippen LogP contribution in [-0.2, 0) is 4.79 Å². The van der Waals surface area contributed by atoms with Crippen LogP contribution in [-0.4, -0.2) is 41.1 Å². The third-order valence-electron chi connectivity index (χ3n) is 3.19. The summed E-state index contributed by atoms with van der Waals surface area (Å²) >= 11 is 2.82. The van der Waals surface area contributed by atoms with Crippen molar-refractivity contribution in [2.45, 2.75) is 23.4 Å². The topological polar surface area (TPSA) is 85.4 Å². The number of carbonyl (C=O) groups is 1. The lowest BCUT2D eigenvalue weighted by atomic mass is 10.2. The number of nitrogens with zero attached hydrogens (tertiary/aromatic N) is 2. The van der Waals surface area contributed by atoms with Gasteiger partial charge < -0.3 is 20.1 Å². The number of benzene rings is 1. The molecule has 1 atom stereocenters. The maximum absolute atomic E-state index is 12.4. The molecule has 0 radical (unpaired) electrons. The van der Waals surface area contributed by atoms with Crippen molar-refractivity contribution in [2.75, 3.05) is 30.4 Å². The molecule has 7 nitrogen and oxygen atoms in total. The average Bonchev–Trinajstić information content (AvgIpc) is 3.02. The summed E-state index contributed by atoms with van der Waals surface area (Å²) in [5, 5.41) is 14.6. The molecule has 2 heterocycles. The van der Waals surface area contributed by atoms with Crippen LogP contribution in [0.4, 0.5) is 10.8 Å². The van der Waals surface area contributed by atoms with E-state index >= 15 is 0 Å². The van der Waals surface area contributed by atoms with E-state index in [-0.39, 0.29) is 11.2 Å². The summed E-state index contributed by atoms with van der Waals surface area (Å²) in [6, 6.07) is 5.38. The van der Waals surface area contributed by atoms with Crippen LogP contribution in [0.5, 0.6) is 11.5 Å². The molecule has 1 aromatic carbocycles. The molecule has 9 heteroatoms. The number of thioether (sulfide) groups is 1. The number of carbonyl (C=O) groups excluding carboxylic acids is 1. The van der Waals surface area contributed by atoms with Gasteiger partial charge in [-0.25, -0.2) is 0 Å². The van der Waals surface area contributed by atoms with Crippen molar-refractivity contribution in [1.82, 2.24) is 10.2 Å². The first kappa shape index (κ1) is 16.8. The van der Waals surface area contributed by atoms with Crippen LogP contribution in [0, 0.1) is 0 Å². The Labute approximate surface area is 148 Å². The molecule has 3 rings (SSSR count).